The number of aromatic nitrogens is 4. The topological polar surface area (TPSA) is 133 Å². The Kier molecular flexibility index (Phi) is 4.32. The Hall–Kier alpha value is -2.29. The fourth-order valence-electron chi connectivity index (χ4n) is 1.65. The summed E-state index contributed by atoms with van der Waals surface area (Å²) in [7, 11) is 0. The Morgan fingerprint density at radius 2 is 1.95 bits per heavy atom. The van der Waals surface area contributed by atoms with Gasteiger partial charge in [0, 0.05) is 5.69 Å². The van der Waals surface area contributed by atoms with Crippen LogP contribution in [0.2, 0.25) is 0 Å². The lowest BCUT2D eigenvalue weighted by molar-refractivity contribution is 0.0934. The zero-order valence-electron chi connectivity index (χ0n) is 12.0. The fraction of sp³-hybridized carbons (Fsp3) is 0.417. The molecule has 0 aliphatic heterocycles. The van der Waals surface area contributed by atoms with Crippen LogP contribution in [0.15, 0.2) is 6.07 Å². The van der Waals surface area contributed by atoms with E-state index in [1.165, 1.54) is 11.3 Å². The number of nitrogens with one attached hydrogen (secondary N) is 1. The largest absolute Gasteiger partial charge is 0.374 e. The summed E-state index contributed by atoms with van der Waals surface area (Å²) in [5, 5.41) is 11.4. The molecule has 0 unspecified atom stereocenters. The molecule has 8 nitrogen and oxygen atoms in total. The van der Waals surface area contributed by atoms with Gasteiger partial charge in [-0.3, -0.25) is 4.79 Å². The number of carbonyl (C=O) groups excluding carboxylic acids is 1. The van der Waals surface area contributed by atoms with Crippen molar-refractivity contribution in [1.29, 1.82) is 0 Å². The second-order valence-electron chi connectivity index (χ2n) is 4.86. The van der Waals surface area contributed by atoms with Crippen LogP contribution in [0.5, 0.6) is 0 Å². The highest BCUT2D eigenvalue weighted by atomic mass is 32.1. The normalized spacial score (nSPS) is 12.4. The number of anilines is 2. The molecular weight excluding hydrogens is 290 g/mol. The lowest BCUT2D eigenvalue weighted by Gasteiger charge is -2.12. The van der Waals surface area contributed by atoms with E-state index in [4.69, 9.17) is 11.5 Å². The highest BCUT2D eigenvalue weighted by Crippen LogP contribution is 2.19. The smallest absolute Gasteiger partial charge is 0.270 e. The molecule has 1 amide bonds. The minimum Gasteiger partial charge on any atom is -0.374 e. The van der Waals surface area contributed by atoms with Crippen LogP contribution in [0.25, 0.3) is 0 Å². The second-order valence-corrected chi connectivity index (χ2v) is 5.91. The van der Waals surface area contributed by atoms with Gasteiger partial charge in [-0.2, -0.15) is 0 Å². The molecule has 0 radical (unpaired) electrons. The van der Waals surface area contributed by atoms with Crippen LogP contribution in [0, 0.1) is 0 Å². The minimum atomic E-state index is -0.340. The average molecular weight is 307 g/mol. The van der Waals surface area contributed by atoms with E-state index < -0.39 is 0 Å². The number of nitrogens with two attached hydrogens (primary N) is 2. The fourth-order valence-corrected chi connectivity index (χ4v) is 2.26. The van der Waals surface area contributed by atoms with Gasteiger partial charge < -0.3 is 16.8 Å². The summed E-state index contributed by atoms with van der Waals surface area (Å²) in [6.45, 7) is 5.73. The number of carbonyl (C=O) groups is 1. The predicted molar refractivity (Wildman–Crippen MR) is 80.7 cm³/mol. The monoisotopic (exact) mass is 307 g/mol. The van der Waals surface area contributed by atoms with Gasteiger partial charge in [0.15, 0.2) is 0 Å². The molecule has 112 valence electrons. The third kappa shape index (κ3) is 3.63. The Balaban J connectivity index is 2.16. The maximum absolute atomic E-state index is 12.2. The van der Waals surface area contributed by atoms with Crippen LogP contribution in [0.3, 0.4) is 0 Å². The zero-order chi connectivity index (χ0) is 15.6. The number of rotatable bonds is 4. The first-order valence-electron chi connectivity index (χ1n) is 6.41. The van der Waals surface area contributed by atoms with Gasteiger partial charge in [-0.25, -0.2) is 9.97 Å². The Morgan fingerprint density at radius 3 is 2.52 bits per heavy atom. The number of hydrogen-bond donors (Lipinski definition) is 3. The van der Waals surface area contributed by atoms with Gasteiger partial charge in [-0.05, 0) is 18.9 Å². The molecular formula is C12H17N7OS. The molecule has 1 atom stereocenters. The Labute approximate surface area is 126 Å². The lowest BCUT2D eigenvalue weighted by Crippen LogP contribution is -2.28. The van der Waals surface area contributed by atoms with E-state index in [0.29, 0.717) is 10.1 Å². The van der Waals surface area contributed by atoms with Crippen molar-refractivity contribution in [2.24, 2.45) is 0 Å². The molecule has 9 heteroatoms. The van der Waals surface area contributed by atoms with Gasteiger partial charge in [0.05, 0.1) is 6.04 Å². The lowest BCUT2D eigenvalue weighted by atomic mass is 10.1. The van der Waals surface area contributed by atoms with Crippen molar-refractivity contribution in [3.8, 4) is 0 Å². The summed E-state index contributed by atoms with van der Waals surface area (Å²) in [6, 6.07) is 1.32. The Bertz CT molecular complexity index is 655. The first-order chi connectivity index (χ1) is 9.86. The van der Waals surface area contributed by atoms with E-state index in [1.807, 2.05) is 13.8 Å². The molecule has 2 rings (SSSR count). The van der Waals surface area contributed by atoms with Crippen LogP contribution >= 0.6 is 11.3 Å². The van der Waals surface area contributed by atoms with Crippen molar-refractivity contribution < 1.29 is 4.79 Å². The van der Waals surface area contributed by atoms with Crippen molar-refractivity contribution in [3.63, 3.8) is 0 Å². The Morgan fingerprint density at radius 1 is 1.24 bits per heavy atom. The predicted octanol–water partition coefficient (Wildman–Crippen LogP) is 1.11. The highest BCUT2D eigenvalue weighted by Gasteiger charge is 2.17. The molecule has 0 aromatic carbocycles. The van der Waals surface area contributed by atoms with Crippen LogP contribution < -0.4 is 16.8 Å². The molecule has 0 saturated carbocycles. The molecule has 0 bridgehead atoms. The minimum absolute atomic E-state index is 0.0826. The zero-order valence-corrected chi connectivity index (χ0v) is 12.8. The molecule has 5 N–H and O–H groups in total. The molecule has 0 aliphatic carbocycles. The van der Waals surface area contributed by atoms with Gasteiger partial charge in [0.25, 0.3) is 5.91 Å². The average Bonchev–Trinajstić information content (AvgIpc) is 2.84. The maximum Gasteiger partial charge on any atom is 0.270 e. The quantitative estimate of drug-likeness (QED) is 0.770. The molecule has 2 heterocycles. The van der Waals surface area contributed by atoms with Crippen molar-refractivity contribution >= 4 is 28.3 Å². The van der Waals surface area contributed by atoms with Crippen LogP contribution in [-0.2, 0) is 0 Å². The SMILES string of the molecule is CC(C)c1cc(C(=O)N[C@H](C)c2nnc(N)s2)nc(N)n1. The van der Waals surface area contributed by atoms with Crippen LogP contribution in [0.4, 0.5) is 11.1 Å². The van der Waals surface area contributed by atoms with Gasteiger partial charge in [0.1, 0.15) is 10.7 Å². The molecule has 21 heavy (non-hydrogen) atoms. The molecule has 0 aliphatic rings. The number of nitrogens with zero attached hydrogens (tertiary/aromatic N) is 4. The van der Waals surface area contributed by atoms with Crippen LogP contribution in [0.1, 0.15) is 53.9 Å². The summed E-state index contributed by atoms with van der Waals surface area (Å²) >= 11 is 1.23. The van der Waals surface area contributed by atoms with Crippen molar-refractivity contribution in [2.45, 2.75) is 32.7 Å². The molecule has 0 spiro atoms. The van der Waals surface area contributed by atoms with Gasteiger partial charge in [-0.1, -0.05) is 25.2 Å². The van der Waals surface area contributed by atoms with E-state index in [0.717, 1.165) is 5.69 Å². The van der Waals surface area contributed by atoms with Gasteiger partial charge in [0.2, 0.25) is 11.1 Å². The summed E-state index contributed by atoms with van der Waals surface area (Å²) < 4.78 is 0. The maximum atomic E-state index is 12.2. The van der Waals surface area contributed by atoms with Crippen LogP contribution in [-0.4, -0.2) is 26.1 Å². The van der Waals surface area contributed by atoms with Crippen molar-refractivity contribution in [1.82, 2.24) is 25.5 Å². The summed E-state index contributed by atoms with van der Waals surface area (Å²) in [5.41, 5.74) is 12.1. The third-order valence-electron chi connectivity index (χ3n) is 2.76. The van der Waals surface area contributed by atoms with E-state index in [-0.39, 0.29) is 29.5 Å². The highest BCUT2D eigenvalue weighted by molar-refractivity contribution is 7.15. The van der Waals surface area contributed by atoms with E-state index >= 15 is 0 Å². The van der Waals surface area contributed by atoms with Crippen molar-refractivity contribution in [2.75, 3.05) is 11.5 Å². The standard InChI is InChI=1S/C12H17N7OS/c1-5(2)7-4-8(17-11(13)16-7)9(20)15-6(3)10-18-19-12(14)21-10/h4-6H,1-3H3,(H2,14,19)(H,15,20)(H2,13,16,17)/t6-/m1/s1. The molecule has 2 aromatic rings. The molecule has 2 aromatic heterocycles. The first-order valence-corrected chi connectivity index (χ1v) is 7.22. The number of amides is 1. The van der Waals surface area contributed by atoms with Gasteiger partial charge in [-0.15, -0.1) is 10.2 Å². The third-order valence-corrected chi connectivity index (χ3v) is 3.70. The van der Waals surface area contributed by atoms with Gasteiger partial charge >= 0.3 is 0 Å². The van der Waals surface area contributed by atoms with E-state index in [1.54, 1.807) is 13.0 Å². The summed E-state index contributed by atoms with van der Waals surface area (Å²) in [5.74, 6) is -0.103. The summed E-state index contributed by atoms with van der Waals surface area (Å²) in [4.78, 5) is 20.3. The molecule has 0 fully saturated rings. The number of hydrogen-bond acceptors (Lipinski definition) is 8. The van der Waals surface area contributed by atoms with E-state index in [9.17, 15) is 4.79 Å². The van der Waals surface area contributed by atoms with E-state index in [2.05, 4.69) is 25.5 Å². The first kappa shape index (κ1) is 15.1. The summed E-state index contributed by atoms with van der Waals surface area (Å²) in [6.07, 6.45) is 0. The van der Waals surface area contributed by atoms with Crippen molar-refractivity contribution in [3.05, 3.63) is 22.5 Å². The number of nitrogen functional groups attached to an aromatic ring is 2. The molecule has 0 saturated heterocycles. The second kappa shape index (κ2) is 6.00.